The van der Waals surface area contributed by atoms with E-state index in [4.69, 9.17) is 4.74 Å². The van der Waals surface area contributed by atoms with Gasteiger partial charge >= 0.3 is 0 Å². The van der Waals surface area contributed by atoms with E-state index in [1.807, 2.05) is 73.9 Å². The molecule has 29 heavy (non-hydrogen) atoms. The van der Waals surface area contributed by atoms with Crippen LogP contribution in [-0.4, -0.2) is 26.4 Å². The van der Waals surface area contributed by atoms with E-state index >= 15 is 0 Å². The van der Waals surface area contributed by atoms with Gasteiger partial charge in [0.05, 0.1) is 5.75 Å². The first-order valence-corrected chi connectivity index (χ1v) is 11.1. The number of thioether (sulfide) groups is 1. The Morgan fingerprint density at radius 3 is 2.52 bits per heavy atom. The molecule has 6 nitrogen and oxygen atoms in total. The van der Waals surface area contributed by atoms with Gasteiger partial charge < -0.3 is 14.6 Å². The summed E-state index contributed by atoms with van der Waals surface area (Å²) >= 11 is 4.78. The molecule has 1 unspecified atom stereocenters. The Labute approximate surface area is 183 Å². The summed E-state index contributed by atoms with van der Waals surface area (Å²) in [5, 5.41) is 12.2. The van der Waals surface area contributed by atoms with Crippen LogP contribution in [0.1, 0.15) is 31.3 Å². The summed E-state index contributed by atoms with van der Waals surface area (Å²) in [6, 6.07) is 15.4. The van der Waals surface area contributed by atoms with Gasteiger partial charge in [0, 0.05) is 16.7 Å². The molecular formula is C21H23BrN4O2S. The quantitative estimate of drug-likeness (QED) is 0.452. The number of amides is 1. The Morgan fingerprint density at radius 2 is 1.86 bits per heavy atom. The van der Waals surface area contributed by atoms with Crippen LogP contribution in [0, 0.1) is 6.92 Å². The van der Waals surface area contributed by atoms with Crippen molar-refractivity contribution in [1.29, 1.82) is 0 Å². The zero-order chi connectivity index (χ0) is 20.8. The van der Waals surface area contributed by atoms with Crippen LogP contribution < -0.4 is 10.1 Å². The van der Waals surface area contributed by atoms with Crippen LogP contribution in [-0.2, 0) is 11.3 Å². The monoisotopic (exact) mass is 474 g/mol. The van der Waals surface area contributed by atoms with E-state index in [-0.39, 0.29) is 17.8 Å². The van der Waals surface area contributed by atoms with Gasteiger partial charge in [-0.05, 0) is 57.2 Å². The van der Waals surface area contributed by atoms with Gasteiger partial charge in [-0.25, -0.2) is 0 Å². The van der Waals surface area contributed by atoms with Crippen LogP contribution in [0.15, 0.2) is 58.2 Å². The molecule has 0 saturated carbocycles. The molecule has 1 amide bonds. The second-order valence-electron chi connectivity index (χ2n) is 6.50. The van der Waals surface area contributed by atoms with Crippen molar-refractivity contribution in [2.24, 2.45) is 0 Å². The average molecular weight is 475 g/mol. The lowest BCUT2D eigenvalue weighted by Gasteiger charge is -2.15. The highest BCUT2D eigenvalue weighted by atomic mass is 79.9. The van der Waals surface area contributed by atoms with Gasteiger partial charge in [-0.1, -0.05) is 45.4 Å². The molecule has 3 rings (SSSR count). The first-order chi connectivity index (χ1) is 14.0. The van der Waals surface area contributed by atoms with Crippen molar-refractivity contribution in [2.45, 2.75) is 38.6 Å². The molecule has 0 bridgehead atoms. The number of carbonyl (C=O) groups is 1. The minimum Gasteiger partial charge on any atom is -0.483 e. The van der Waals surface area contributed by atoms with Crippen molar-refractivity contribution in [3.63, 3.8) is 0 Å². The fourth-order valence-corrected chi connectivity index (χ4v) is 3.81. The van der Waals surface area contributed by atoms with Crippen molar-refractivity contribution in [3.8, 4) is 5.75 Å². The highest BCUT2D eigenvalue weighted by Crippen LogP contribution is 2.25. The minimum atomic E-state index is -0.264. The molecule has 0 radical (unpaired) electrons. The molecule has 1 N–H and O–H groups in total. The molecular weight excluding hydrogens is 452 g/mol. The van der Waals surface area contributed by atoms with Gasteiger partial charge in [-0.15, -0.1) is 10.2 Å². The van der Waals surface area contributed by atoms with Crippen molar-refractivity contribution in [2.75, 3.05) is 11.1 Å². The normalized spacial score (nSPS) is 11.9. The van der Waals surface area contributed by atoms with E-state index in [1.54, 1.807) is 0 Å². The van der Waals surface area contributed by atoms with E-state index in [1.165, 1.54) is 11.8 Å². The molecule has 8 heteroatoms. The van der Waals surface area contributed by atoms with Gasteiger partial charge in [0.2, 0.25) is 5.91 Å². The van der Waals surface area contributed by atoms with E-state index in [0.29, 0.717) is 11.7 Å². The van der Waals surface area contributed by atoms with Crippen molar-refractivity contribution >= 4 is 39.3 Å². The summed E-state index contributed by atoms with van der Waals surface area (Å²) in [6.07, 6.45) is -0.264. The molecule has 0 aliphatic heterocycles. The zero-order valence-corrected chi connectivity index (χ0v) is 19.0. The van der Waals surface area contributed by atoms with E-state index in [0.717, 1.165) is 27.3 Å². The standard InChI is InChI=1S/C21H23BrN4O2S/c1-4-26-20(15(3)28-18-11-7-16(22)8-12-18)24-25-21(26)29-13-19(27)23-17-9-5-14(2)6-10-17/h5-12,15H,4,13H2,1-3H3,(H,23,27). The van der Waals surface area contributed by atoms with Gasteiger partial charge in [-0.3, -0.25) is 4.79 Å². The number of ether oxygens (including phenoxy) is 1. The lowest BCUT2D eigenvalue weighted by molar-refractivity contribution is -0.113. The van der Waals surface area contributed by atoms with Crippen LogP contribution >= 0.6 is 27.7 Å². The van der Waals surface area contributed by atoms with E-state index < -0.39 is 0 Å². The number of carbonyl (C=O) groups excluding carboxylic acids is 1. The predicted molar refractivity (Wildman–Crippen MR) is 119 cm³/mol. The van der Waals surface area contributed by atoms with Crippen LogP contribution in [0.2, 0.25) is 0 Å². The molecule has 0 aliphatic rings. The lowest BCUT2D eigenvalue weighted by Crippen LogP contribution is -2.15. The maximum Gasteiger partial charge on any atom is 0.234 e. The van der Waals surface area contributed by atoms with Gasteiger partial charge in [0.15, 0.2) is 17.1 Å². The van der Waals surface area contributed by atoms with Crippen LogP contribution in [0.3, 0.4) is 0 Å². The Hall–Kier alpha value is -2.32. The Kier molecular flexibility index (Phi) is 7.33. The Morgan fingerprint density at radius 1 is 1.17 bits per heavy atom. The Balaban J connectivity index is 1.61. The molecule has 2 aromatic carbocycles. The van der Waals surface area contributed by atoms with Gasteiger partial charge in [0.1, 0.15) is 5.75 Å². The second-order valence-corrected chi connectivity index (χ2v) is 8.36. The number of hydrogen-bond donors (Lipinski definition) is 1. The summed E-state index contributed by atoms with van der Waals surface area (Å²) in [6.45, 7) is 6.67. The lowest BCUT2D eigenvalue weighted by atomic mass is 10.2. The molecule has 152 valence electrons. The SMILES string of the molecule is CCn1c(SCC(=O)Nc2ccc(C)cc2)nnc1C(C)Oc1ccc(Br)cc1. The summed E-state index contributed by atoms with van der Waals surface area (Å²) in [5.74, 6) is 1.67. The first-order valence-electron chi connectivity index (χ1n) is 9.31. The van der Waals surface area contributed by atoms with E-state index in [2.05, 4.69) is 31.4 Å². The van der Waals surface area contributed by atoms with Gasteiger partial charge in [0.25, 0.3) is 0 Å². The third-order valence-corrected chi connectivity index (χ3v) is 5.71. The number of benzene rings is 2. The van der Waals surface area contributed by atoms with E-state index in [9.17, 15) is 4.79 Å². The number of anilines is 1. The molecule has 1 atom stereocenters. The summed E-state index contributed by atoms with van der Waals surface area (Å²) in [7, 11) is 0. The summed E-state index contributed by atoms with van der Waals surface area (Å²) in [5.41, 5.74) is 1.94. The number of hydrogen-bond acceptors (Lipinski definition) is 5. The summed E-state index contributed by atoms with van der Waals surface area (Å²) in [4.78, 5) is 12.3. The topological polar surface area (TPSA) is 69.0 Å². The molecule has 0 fully saturated rings. The Bertz CT molecular complexity index is 958. The summed E-state index contributed by atoms with van der Waals surface area (Å²) < 4.78 is 8.97. The molecule has 3 aromatic rings. The van der Waals surface area contributed by atoms with Crippen molar-refractivity contribution < 1.29 is 9.53 Å². The highest BCUT2D eigenvalue weighted by Gasteiger charge is 2.19. The molecule has 0 spiro atoms. The van der Waals surface area contributed by atoms with Gasteiger partial charge in [-0.2, -0.15) is 0 Å². The van der Waals surface area contributed by atoms with Crippen molar-refractivity contribution in [3.05, 3.63) is 64.4 Å². The number of nitrogens with zero attached hydrogens (tertiary/aromatic N) is 3. The molecule has 0 aliphatic carbocycles. The number of halogens is 1. The number of aromatic nitrogens is 3. The number of rotatable bonds is 8. The number of aryl methyl sites for hydroxylation is 1. The second kappa shape index (κ2) is 9.93. The zero-order valence-electron chi connectivity index (χ0n) is 16.6. The fourth-order valence-electron chi connectivity index (χ4n) is 2.74. The molecule has 1 aromatic heterocycles. The molecule has 1 heterocycles. The highest BCUT2D eigenvalue weighted by molar-refractivity contribution is 9.10. The third-order valence-electron chi connectivity index (χ3n) is 4.22. The fraction of sp³-hybridized carbons (Fsp3) is 0.286. The van der Waals surface area contributed by atoms with Crippen LogP contribution in [0.5, 0.6) is 5.75 Å². The smallest absolute Gasteiger partial charge is 0.234 e. The largest absolute Gasteiger partial charge is 0.483 e. The first kappa shape index (κ1) is 21.4. The number of nitrogens with one attached hydrogen (secondary N) is 1. The minimum absolute atomic E-state index is 0.0785. The van der Waals surface area contributed by atoms with Crippen LogP contribution in [0.4, 0.5) is 5.69 Å². The maximum absolute atomic E-state index is 12.3. The molecule has 0 saturated heterocycles. The van der Waals surface area contributed by atoms with Crippen molar-refractivity contribution in [1.82, 2.24) is 14.8 Å². The third kappa shape index (κ3) is 5.83. The average Bonchev–Trinajstić information content (AvgIpc) is 3.13. The maximum atomic E-state index is 12.3. The predicted octanol–water partition coefficient (Wildman–Crippen LogP) is 5.24. The van der Waals surface area contributed by atoms with Crippen LogP contribution in [0.25, 0.3) is 0 Å².